The van der Waals surface area contributed by atoms with Gasteiger partial charge in [0.25, 0.3) is 0 Å². The molecule has 3 heterocycles. The van der Waals surface area contributed by atoms with E-state index < -0.39 is 17.3 Å². The maximum atomic E-state index is 13.9. The largest absolute Gasteiger partial charge is 0.417 e. The number of alkyl halides is 3. The van der Waals surface area contributed by atoms with Gasteiger partial charge < -0.3 is 4.90 Å². The van der Waals surface area contributed by atoms with Crippen LogP contribution in [-0.4, -0.2) is 23.1 Å². The zero-order valence-corrected chi connectivity index (χ0v) is 18.7. The highest BCUT2D eigenvalue weighted by atomic mass is 35.5. The number of aromatic nitrogens is 2. The van der Waals surface area contributed by atoms with Gasteiger partial charge in [-0.05, 0) is 49.4 Å². The summed E-state index contributed by atoms with van der Waals surface area (Å²) in [5.41, 5.74) is 0.206. The van der Waals surface area contributed by atoms with Crippen molar-refractivity contribution in [3.8, 4) is 23.4 Å². The second-order valence-electron chi connectivity index (χ2n) is 8.15. The van der Waals surface area contributed by atoms with Gasteiger partial charge in [0.1, 0.15) is 23.5 Å². The van der Waals surface area contributed by atoms with Crippen LogP contribution in [0.3, 0.4) is 0 Å². The number of pyridine rings is 2. The summed E-state index contributed by atoms with van der Waals surface area (Å²) < 4.78 is 41.8. The lowest BCUT2D eigenvalue weighted by Crippen LogP contribution is -2.37. The molecule has 0 bridgehead atoms. The van der Waals surface area contributed by atoms with Gasteiger partial charge in [-0.15, -0.1) is 0 Å². The van der Waals surface area contributed by atoms with Gasteiger partial charge in [0.2, 0.25) is 0 Å². The Balaban J connectivity index is 1.71. The summed E-state index contributed by atoms with van der Waals surface area (Å²) in [6.07, 6.45) is -0.990. The number of anilines is 1. The average Bonchev–Trinajstić information content (AvgIpc) is 2.83. The fourth-order valence-corrected chi connectivity index (χ4v) is 4.46. The SMILES string of the molecule is N#Cc1ccc(CC2CCCN(c3nc(-c4ccccc4Cl)cc(C(F)(F)F)c3C#N)C2)nc1. The molecule has 0 spiro atoms. The van der Waals surface area contributed by atoms with Crippen molar-refractivity contribution in [1.29, 1.82) is 10.5 Å². The van der Waals surface area contributed by atoms with E-state index in [1.54, 1.807) is 47.4 Å². The third kappa shape index (κ3) is 4.98. The highest BCUT2D eigenvalue weighted by Crippen LogP contribution is 2.40. The Kier molecular flexibility index (Phi) is 6.72. The Hall–Kier alpha value is -3.62. The van der Waals surface area contributed by atoms with Gasteiger partial charge in [0.05, 0.1) is 16.8 Å². The Morgan fingerprint density at radius 1 is 1.12 bits per heavy atom. The van der Waals surface area contributed by atoms with Crippen LogP contribution in [0.2, 0.25) is 5.02 Å². The van der Waals surface area contributed by atoms with Crippen LogP contribution >= 0.6 is 11.6 Å². The highest BCUT2D eigenvalue weighted by molar-refractivity contribution is 6.33. The van der Waals surface area contributed by atoms with Crippen molar-refractivity contribution in [2.75, 3.05) is 18.0 Å². The molecule has 1 aliphatic heterocycles. The molecule has 0 N–H and O–H groups in total. The van der Waals surface area contributed by atoms with Crippen molar-refractivity contribution < 1.29 is 13.2 Å². The molecule has 1 saturated heterocycles. The van der Waals surface area contributed by atoms with Crippen molar-refractivity contribution in [1.82, 2.24) is 9.97 Å². The molecule has 1 fully saturated rings. The van der Waals surface area contributed by atoms with Crippen molar-refractivity contribution in [3.63, 3.8) is 0 Å². The van der Waals surface area contributed by atoms with Crippen molar-refractivity contribution >= 4 is 17.4 Å². The minimum Gasteiger partial charge on any atom is -0.355 e. The molecular formula is C25H19ClF3N5. The number of rotatable bonds is 4. The second-order valence-corrected chi connectivity index (χ2v) is 8.56. The Morgan fingerprint density at radius 3 is 2.56 bits per heavy atom. The number of piperidine rings is 1. The van der Waals surface area contributed by atoms with E-state index in [1.165, 1.54) is 6.20 Å². The first-order chi connectivity index (χ1) is 16.3. The molecule has 5 nitrogen and oxygen atoms in total. The molecule has 1 aromatic carbocycles. The van der Waals surface area contributed by atoms with Gasteiger partial charge >= 0.3 is 6.18 Å². The number of nitrogens with zero attached hydrogens (tertiary/aromatic N) is 5. The predicted molar refractivity (Wildman–Crippen MR) is 122 cm³/mol. The Morgan fingerprint density at radius 2 is 1.91 bits per heavy atom. The fraction of sp³-hybridized carbons (Fsp3) is 0.280. The molecule has 34 heavy (non-hydrogen) atoms. The topological polar surface area (TPSA) is 76.6 Å². The molecule has 1 atom stereocenters. The van der Waals surface area contributed by atoms with Gasteiger partial charge in [-0.3, -0.25) is 4.98 Å². The quantitative estimate of drug-likeness (QED) is 0.455. The molecule has 0 aliphatic carbocycles. The lowest BCUT2D eigenvalue weighted by molar-refractivity contribution is -0.137. The zero-order valence-electron chi connectivity index (χ0n) is 18.0. The molecule has 1 unspecified atom stereocenters. The van der Waals surface area contributed by atoms with Crippen LogP contribution in [0.4, 0.5) is 19.0 Å². The molecule has 2 aromatic heterocycles. The molecule has 4 rings (SSSR count). The molecular weight excluding hydrogens is 463 g/mol. The first kappa shape index (κ1) is 23.5. The molecule has 0 amide bonds. The molecule has 0 radical (unpaired) electrons. The summed E-state index contributed by atoms with van der Waals surface area (Å²) >= 11 is 6.25. The first-order valence-electron chi connectivity index (χ1n) is 10.7. The number of hydrogen-bond donors (Lipinski definition) is 0. The normalized spacial score (nSPS) is 16.1. The zero-order chi connectivity index (χ0) is 24.3. The minimum atomic E-state index is -4.72. The van der Waals surface area contributed by atoms with E-state index in [2.05, 4.69) is 9.97 Å². The molecule has 3 aromatic rings. The van der Waals surface area contributed by atoms with Crippen LogP contribution in [0, 0.1) is 28.6 Å². The van der Waals surface area contributed by atoms with Crippen molar-refractivity contribution in [3.05, 3.63) is 76.1 Å². The van der Waals surface area contributed by atoms with Crippen LogP contribution in [0.5, 0.6) is 0 Å². The first-order valence-corrected chi connectivity index (χ1v) is 11.0. The average molecular weight is 482 g/mol. The van der Waals surface area contributed by atoms with Crippen LogP contribution in [0.15, 0.2) is 48.7 Å². The Labute approximate surface area is 200 Å². The summed E-state index contributed by atoms with van der Waals surface area (Å²) in [6.45, 7) is 0.925. The summed E-state index contributed by atoms with van der Waals surface area (Å²) in [6, 6.07) is 14.7. The van der Waals surface area contributed by atoms with Crippen LogP contribution in [0.1, 0.15) is 35.2 Å². The second kappa shape index (κ2) is 9.70. The van der Waals surface area contributed by atoms with E-state index in [4.69, 9.17) is 16.9 Å². The molecule has 0 saturated carbocycles. The lowest BCUT2D eigenvalue weighted by Gasteiger charge is -2.34. The third-order valence-electron chi connectivity index (χ3n) is 5.84. The summed E-state index contributed by atoms with van der Waals surface area (Å²) in [5.74, 6) is 0.130. The van der Waals surface area contributed by atoms with E-state index in [9.17, 15) is 18.4 Å². The van der Waals surface area contributed by atoms with Crippen LogP contribution in [-0.2, 0) is 12.6 Å². The standard InChI is InChI=1S/C25H19ClF3N5/c26-22-6-2-1-5-19(22)23-11-21(25(27,28)29)20(13-31)24(33-23)34-9-3-4-16(15-34)10-18-8-7-17(12-30)14-32-18/h1-2,5-8,11,14,16H,3-4,9-10,15H2. The lowest BCUT2D eigenvalue weighted by atomic mass is 9.92. The van der Waals surface area contributed by atoms with E-state index in [1.807, 2.05) is 6.07 Å². The van der Waals surface area contributed by atoms with Gasteiger partial charge in [0, 0.05) is 35.6 Å². The monoisotopic (exact) mass is 481 g/mol. The summed E-state index contributed by atoms with van der Waals surface area (Å²) in [4.78, 5) is 10.6. The van der Waals surface area contributed by atoms with Gasteiger partial charge in [-0.1, -0.05) is 29.8 Å². The van der Waals surface area contributed by atoms with Gasteiger partial charge in [0.15, 0.2) is 0 Å². The van der Waals surface area contributed by atoms with E-state index >= 15 is 0 Å². The van der Waals surface area contributed by atoms with Gasteiger partial charge in [-0.25, -0.2) is 4.98 Å². The smallest absolute Gasteiger partial charge is 0.355 e. The summed E-state index contributed by atoms with van der Waals surface area (Å²) in [7, 11) is 0. The maximum Gasteiger partial charge on any atom is 0.417 e. The van der Waals surface area contributed by atoms with E-state index in [0.717, 1.165) is 24.6 Å². The molecule has 1 aliphatic rings. The van der Waals surface area contributed by atoms with Crippen molar-refractivity contribution in [2.45, 2.75) is 25.4 Å². The number of nitriles is 2. The van der Waals surface area contributed by atoms with Crippen LogP contribution < -0.4 is 4.90 Å². The van der Waals surface area contributed by atoms with Gasteiger partial charge in [-0.2, -0.15) is 23.7 Å². The van der Waals surface area contributed by atoms with Crippen molar-refractivity contribution in [2.24, 2.45) is 5.92 Å². The number of hydrogen-bond acceptors (Lipinski definition) is 5. The fourth-order valence-electron chi connectivity index (χ4n) is 4.23. The maximum absolute atomic E-state index is 13.9. The third-order valence-corrected chi connectivity index (χ3v) is 6.17. The summed E-state index contributed by atoms with van der Waals surface area (Å²) in [5, 5.41) is 18.9. The van der Waals surface area contributed by atoms with E-state index in [0.29, 0.717) is 30.6 Å². The van der Waals surface area contributed by atoms with E-state index in [-0.39, 0.29) is 22.5 Å². The number of halogens is 4. The van der Waals surface area contributed by atoms with Crippen LogP contribution in [0.25, 0.3) is 11.3 Å². The molecule has 172 valence electrons. The Bertz CT molecular complexity index is 1280. The molecule has 9 heteroatoms. The highest BCUT2D eigenvalue weighted by Gasteiger charge is 2.37. The number of benzene rings is 1. The predicted octanol–water partition coefficient (Wildman–Crippen LogP) is 6.02. The minimum absolute atomic E-state index is 0.0183.